The van der Waals surface area contributed by atoms with Crippen molar-refractivity contribution in [2.75, 3.05) is 0 Å². The van der Waals surface area contributed by atoms with E-state index in [-0.39, 0.29) is 15.7 Å². The summed E-state index contributed by atoms with van der Waals surface area (Å²) in [5, 5.41) is 7.44. The smallest absolute Gasteiger partial charge is 0.217 e. The van der Waals surface area contributed by atoms with Crippen molar-refractivity contribution in [3.63, 3.8) is 0 Å². The fourth-order valence-corrected chi connectivity index (χ4v) is 3.07. The van der Waals surface area contributed by atoms with Gasteiger partial charge in [0.25, 0.3) is 0 Å². The first-order valence-electron chi connectivity index (χ1n) is 6.97. The Balaban J connectivity index is 1.85. The van der Waals surface area contributed by atoms with Crippen LogP contribution in [0.3, 0.4) is 0 Å². The monoisotopic (exact) mass is 338 g/mol. The number of hydrogen-bond donors (Lipinski definition) is 0. The normalized spacial score (nSPS) is 10.7. The molecule has 6 heteroatoms. The highest BCUT2D eigenvalue weighted by Crippen LogP contribution is 2.17. The van der Waals surface area contributed by atoms with Gasteiger partial charge in [-0.25, -0.2) is 12.8 Å². The SMILES string of the molecule is O=S(=O)(c1ccccc1)c1ccc(C#Cc2ccc(F)cc2)nn1. The lowest BCUT2D eigenvalue weighted by Crippen LogP contribution is -2.05. The van der Waals surface area contributed by atoms with Crippen molar-refractivity contribution in [1.82, 2.24) is 10.2 Å². The second-order valence-corrected chi connectivity index (χ2v) is 6.73. The second-order valence-electron chi connectivity index (χ2n) is 4.83. The summed E-state index contributed by atoms with van der Waals surface area (Å²) in [6, 6.07) is 16.6. The van der Waals surface area contributed by atoms with Crippen LogP contribution >= 0.6 is 0 Å². The van der Waals surface area contributed by atoms with Gasteiger partial charge in [-0.2, -0.15) is 0 Å². The fraction of sp³-hybridized carbons (Fsp3) is 0. The molecule has 0 atom stereocenters. The second kappa shape index (κ2) is 6.60. The van der Waals surface area contributed by atoms with Gasteiger partial charge in [-0.1, -0.05) is 24.1 Å². The van der Waals surface area contributed by atoms with E-state index in [9.17, 15) is 12.8 Å². The Kier molecular flexibility index (Phi) is 4.36. The molecule has 4 nitrogen and oxygen atoms in total. The minimum absolute atomic E-state index is 0.138. The molecule has 0 saturated heterocycles. The highest BCUT2D eigenvalue weighted by atomic mass is 32.2. The van der Waals surface area contributed by atoms with Crippen LogP contribution in [-0.2, 0) is 9.84 Å². The van der Waals surface area contributed by atoms with Crippen LogP contribution in [0.2, 0.25) is 0 Å². The summed E-state index contributed by atoms with van der Waals surface area (Å²) >= 11 is 0. The summed E-state index contributed by atoms with van der Waals surface area (Å²) in [6.45, 7) is 0. The maximum absolute atomic E-state index is 12.8. The molecule has 0 N–H and O–H groups in total. The third-order valence-corrected chi connectivity index (χ3v) is 4.81. The van der Waals surface area contributed by atoms with Crippen molar-refractivity contribution in [2.24, 2.45) is 0 Å². The van der Waals surface area contributed by atoms with Crippen LogP contribution in [0.5, 0.6) is 0 Å². The molecule has 0 aliphatic rings. The molecule has 1 aromatic heterocycles. The molecule has 0 aliphatic heterocycles. The van der Waals surface area contributed by atoms with E-state index in [1.165, 1.54) is 36.4 Å². The summed E-state index contributed by atoms with van der Waals surface area (Å²) in [5.74, 6) is 5.23. The van der Waals surface area contributed by atoms with Crippen molar-refractivity contribution >= 4 is 9.84 Å². The number of hydrogen-bond acceptors (Lipinski definition) is 4. The average Bonchev–Trinajstić information content (AvgIpc) is 2.62. The Morgan fingerprint density at radius 2 is 1.50 bits per heavy atom. The van der Waals surface area contributed by atoms with Gasteiger partial charge >= 0.3 is 0 Å². The number of aromatic nitrogens is 2. The molecule has 3 rings (SSSR count). The average molecular weight is 338 g/mol. The van der Waals surface area contributed by atoms with E-state index in [0.717, 1.165) is 0 Å². The van der Waals surface area contributed by atoms with Crippen LogP contribution < -0.4 is 0 Å². The minimum Gasteiger partial charge on any atom is -0.217 e. The fourth-order valence-electron chi connectivity index (χ4n) is 1.92. The molecule has 0 spiro atoms. The van der Waals surface area contributed by atoms with Gasteiger partial charge in [0.2, 0.25) is 9.84 Å². The van der Waals surface area contributed by atoms with E-state index < -0.39 is 9.84 Å². The van der Waals surface area contributed by atoms with Crippen molar-refractivity contribution in [3.05, 3.63) is 83.8 Å². The van der Waals surface area contributed by atoms with E-state index in [4.69, 9.17) is 0 Å². The Labute approximate surface area is 138 Å². The van der Waals surface area contributed by atoms with Crippen molar-refractivity contribution < 1.29 is 12.8 Å². The molecule has 0 bridgehead atoms. The maximum atomic E-state index is 12.8. The quantitative estimate of drug-likeness (QED) is 0.674. The van der Waals surface area contributed by atoms with Gasteiger partial charge in [0, 0.05) is 5.56 Å². The van der Waals surface area contributed by atoms with Crippen molar-refractivity contribution in [3.8, 4) is 11.8 Å². The first-order chi connectivity index (χ1) is 11.6. The van der Waals surface area contributed by atoms with E-state index in [2.05, 4.69) is 22.0 Å². The predicted octanol–water partition coefficient (Wildman–Crippen LogP) is 2.85. The first kappa shape index (κ1) is 15.8. The number of halogens is 1. The number of sulfone groups is 1. The van der Waals surface area contributed by atoms with Gasteiger partial charge in [0.1, 0.15) is 11.5 Å². The van der Waals surface area contributed by atoms with Crippen molar-refractivity contribution in [2.45, 2.75) is 9.92 Å². The first-order valence-corrected chi connectivity index (χ1v) is 8.45. The lowest BCUT2D eigenvalue weighted by Gasteiger charge is -2.02. The van der Waals surface area contributed by atoms with Gasteiger partial charge in [-0.3, -0.25) is 0 Å². The van der Waals surface area contributed by atoms with Crippen LogP contribution in [0, 0.1) is 17.7 Å². The summed E-state index contributed by atoms with van der Waals surface area (Å²) in [7, 11) is -3.69. The number of nitrogens with zero attached hydrogens (tertiary/aromatic N) is 2. The third kappa shape index (κ3) is 3.47. The molecule has 0 unspecified atom stereocenters. The maximum Gasteiger partial charge on any atom is 0.225 e. The topological polar surface area (TPSA) is 59.9 Å². The van der Waals surface area contributed by atoms with E-state index >= 15 is 0 Å². The minimum atomic E-state index is -3.69. The molecule has 118 valence electrons. The van der Waals surface area contributed by atoms with Crippen LogP contribution in [0.4, 0.5) is 4.39 Å². The van der Waals surface area contributed by atoms with Gasteiger partial charge in [0.05, 0.1) is 4.90 Å². The predicted molar refractivity (Wildman–Crippen MR) is 86.3 cm³/mol. The van der Waals surface area contributed by atoms with Crippen LogP contribution in [0.1, 0.15) is 11.3 Å². The van der Waals surface area contributed by atoms with Crippen LogP contribution in [0.15, 0.2) is 76.7 Å². The summed E-state index contributed by atoms with van der Waals surface area (Å²) in [4.78, 5) is 0.157. The van der Waals surface area contributed by atoms with E-state index in [1.54, 1.807) is 30.3 Å². The lowest BCUT2D eigenvalue weighted by atomic mass is 10.2. The lowest BCUT2D eigenvalue weighted by molar-refractivity contribution is 0.590. The molecule has 3 aromatic rings. The van der Waals surface area contributed by atoms with Crippen LogP contribution in [-0.4, -0.2) is 18.6 Å². The Morgan fingerprint density at radius 1 is 0.792 bits per heavy atom. The third-order valence-electron chi connectivity index (χ3n) is 3.15. The molecule has 0 amide bonds. The molecule has 24 heavy (non-hydrogen) atoms. The summed E-state index contributed by atoms with van der Waals surface area (Å²) in [5.41, 5.74) is 0.950. The molecule has 0 fully saturated rings. The highest BCUT2D eigenvalue weighted by molar-refractivity contribution is 7.91. The Hall–Kier alpha value is -3.04. The molecular formula is C18H11FN2O2S. The highest BCUT2D eigenvalue weighted by Gasteiger charge is 2.19. The van der Waals surface area contributed by atoms with Crippen molar-refractivity contribution in [1.29, 1.82) is 0 Å². The summed E-state index contributed by atoms with van der Waals surface area (Å²) in [6.07, 6.45) is 0. The van der Waals surface area contributed by atoms with Gasteiger partial charge in [0.15, 0.2) is 5.03 Å². The molecule has 0 radical (unpaired) electrons. The van der Waals surface area contributed by atoms with Gasteiger partial charge in [-0.05, 0) is 54.5 Å². The molecule has 0 aliphatic carbocycles. The molecule has 1 heterocycles. The molecular weight excluding hydrogens is 327 g/mol. The number of rotatable bonds is 2. The molecule has 0 saturated carbocycles. The Bertz CT molecular complexity index is 1000. The van der Waals surface area contributed by atoms with E-state index in [0.29, 0.717) is 11.3 Å². The zero-order valence-electron chi connectivity index (χ0n) is 12.3. The zero-order valence-corrected chi connectivity index (χ0v) is 13.2. The standard InChI is InChI=1S/C18H11FN2O2S/c19-15-9-6-14(7-10-15)8-11-16-12-13-18(21-20-16)24(22,23)17-4-2-1-3-5-17/h1-7,9-10,12-13H. The van der Waals surface area contributed by atoms with Crippen LogP contribution in [0.25, 0.3) is 0 Å². The molecule has 2 aromatic carbocycles. The van der Waals surface area contributed by atoms with E-state index in [1.807, 2.05) is 0 Å². The largest absolute Gasteiger partial charge is 0.225 e. The number of benzene rings is 2. The Morgan fingerprint density at radius 3 is 2.12 bits per heavy atom. The summed E-state index contributed by atoms with van der Waals surface area (Å²) < 4.78 is 37.6. The zero-order chi connectivity index (χ0) is 17.0. The van der Waals surface area contributed by atoms with Gasteiger partial charge in [-0.15, -0.1) is 10.2 Å². The van der Waals surface area contributed by atoms with Gasteiger partial charge < -0.3 is 0 Å².